The Hall–Kier alpha value is -5.00. The molecule has 0 aromatic heterocycles. The van der Waals surface area contributed by atoms with Gasteiger partial charge in [0.1, 0.15) is 30.7 Å². The number of ether oxygens (including phenoxy) is 4. The summed E-state index contributed by atoms with van der Waals surface area (Å²) in [5.74, 6) is 0.739. The maximum atomic E-state index is 13.2. The zero-order valence-electron chi connectivity index (χ0n) is 23.0. The molecular formula is C33H28ClFN2O5. The highest BCUT2D eigenvalue weighted by Gasteiger charge is 2.16. The van der Waals surface area contributed by atoms with Crippen LogP contribution in [0.2, 0.25) is 5.02 Å². The molecule has 0 unspecified atom stereocenters. The molecule has 1 N–H and O–H groups in total. The molecule has 42 heavy (non-hydrogen) atoms. The number of amides is 1. The van der Waals surface area contributed by atoms with Crippen molar-refractivity contribution in [2.75, 3.05) is 19.0 Å². The van der Waals surface area contributed by atoms with E-state index in [1.54, 1.807) is 12.1 Å². The minimum absolute atomic E-state index is 0.161. The number of hydrogen-bond acceptors (Lipinski definition) is 6. The van der Waals surface area contributed by atoms with Crippen LogP contribution in [0, 0.1) is 17.1 Å². The van der Waals surface area contributed by atoms with Crippen LogP contribution in [0.1, 0.15) is 23.6 Å². The summed E-state index contributed by atoms with van der Waals surface area (Å²) in [6, 6.07) is 25.7. The molecule has 4 aromatic rings. The van der Waals surface area contributed by atoms with E-state index < -0.39 is 11.7 Å². The molecule has 4 aromatic carbocycles. The second kappa shape index (κ2) is 14.6. The van der Waals surface area contributed by atoms with Crippen molar-refractivity contribution >= 4 is 29.3 Å². The van der Waals surface area contributed by atoms with E-state index >= 15 is 0 Å². The highest BCUT2D eigenvalue weighted by molar-refractivity contribution is 6.32. The first-order valence-electron chi connectivity index (χ1n) is 13.0. The lowest BCUT2D eigenvalue weighted by molar-refractivity contribution is -0.112. The van der Waals surface area contributed by atoms with Crippen LogP contribution in [0.4, 0.5) is 10.1 Å². The molecule has 0 spiro atoms. The molecule has 0 heterocycles. The first kappa shape index (κ1) is 30.0. The van der Waals surface area contributed by atoms with Crippen molar-refractivity contribution in [2.45, 2.75) is 20.1 Å². The standard InChI is InChI=1S/C33H28ClFN2O5/c1-3-40-30-17-23(9-14-29(30)41-20-22-7-5-4-6-8-22)21-42-32-28(34)16-24(18-31(32)39-2)15-25(19-36)33(38)37-27-12-10-26(35)11-13-27/h4-18H,3,20-21H2,1-2H3,(H,37,38)/b25-15+. The van der Waals surface area contributed by atoms with E-state index in [0.717, 1.165) is 11.1 Å². The quantitative estimate of drug-likeness (QED) is 0.136. The molecule has 0 bridgehead atoms. The third-order valence-electron chi connectivity index (χ3n) is 5.96. The highest BCUT2D eigenvalue weighted by Crippen LogP contribution is 2.38. The van der Waals surface area contributed by atoms with Crippen molar-refractivity contribution in [1.29, 1.82) is 5.26 Å². The number of rotatable bonds is 12. The summed E-state index contributed by atoms with van der Waals surface area (Å²) in [6.07, 6.45) is 1.37. The van der Waals surface area contributed by atoms with Gasteiger partial charge in [-0.15, -0.1) is 0 Å². The van der Waals surface area contributed by atoms with E-state index in [1.807, 2.05) is 61.5 Å². The maximum absolute atomic E-state index is 13.2. The fraction of sp³-hybridized carbons (Fsp3) is 0.152. The van der Waals surface area contributed by atoms with E-state index in [1.165, 1.54) is 37.5 Å². The van der Waals surface area contributed by atoms with Crippen molar-refractivity contribution in [3.8, 4) is 29.1 Å². The molecule has 1 amide bonds. The van der Waals surface area contributed by atoms with Gasteiger partial charge < -0.3 is 24.3 Å². The Bertz CT molecular complexity index is 1600. The number of carbonyl (C=O) groups excluding carboxylic acids is 1. The van der Waals surface area contributed by atoms with E-state index in [2.05, 4.69) is 5.32 Å². The topological polar surface area (TPSA) is 89.8 Å². The van der Waals surface area contributed by atoms with E-state index in [9.17, 15) is 14.4 Å². The molecule has 0 aliphatic heterocycles. The largest absolute Gasteiger partial charge is 0.493 e. The predicted octanol–water partition coefficient (Wildman–Crippen LogP) is 7.59. The van der Waals surface area contributed by atoms with Crippen molar-refractivity contribution in [1.82, 2.24) is 0 Å². The smallest absolute Gasteiger partial charge is 0.266 e. The van der Waals surface area contributed by atoms with Crippen molar-refractivity contribution in [2.24, 2.45) is 0 Å². The molecule has 7 nitrogen and oxygen atoms in total. The van der Waals surface area contributed by atoms with E-state index in [4.69, 9.17) is 30.5 Å². The number of nitrogens with one attached hydrogen (secondary N) is 1. The van der Waals surface area contributed by atoms with Crippen LogP contribution in [-0.2, 0) is 18.0 Å². The summed E-state index contributed by atoms with van der Waals surface area (Å²) in [7, 11) is 1.46. The number of hydrogen-bond donors (Lipinski definition) is 1. The lowest BCUT2D eigenvalue weighted by Crippen LogP contribution is -2.13. The Balaban J connectivity index is 1.48. The van der Waals surface area contributed by atoms with Gasteiger partial charge in [-0.05, 0) is 78.2 Å². The Morgan fingerprint density at radius 3 is 2.33 bits per heavy atom. The summed E-state index contributed by atoms with van der Waals surface area (Å²) in [5.41, 5.74) is 2.49. The molecule has 0 saturated heterocycles. The molecule has 0 radical (unpaired) electrons. The van der Waals surface area contributed by atoms with Crippen LogP contribution in [0.5, 0.6) is 23.0 Å². The van der Waals surface area contributed by atoms with Gasteiger partial charge in [0.15, 0.2) is 23.0 Å². The molecular weight excluding hydrogens is 559 g/mol. The lowest BCUT2D eigenvalue weighted by Gasteiger charge is -2.16. The van der Waals surface area contributed by atoms with Crippen LogP contribution in [0.3, 0.4) is 0 Å². The number of carbonyl (C=O) groups is 1. The van der Waals surface area contributed by atoms with Crippen LogP contribution >= 0.6 is 11.6 Å². The van der Waals surface area contributed by atoms with Gasteiger partial charge in [-0.3, -0.25) is 4.79 Å². The van der Waals surface area contributed by atoms with Crippen LogP contribution in [-0.4, -0.2) is 19.6 Å². The molecule has 0 aliphatic rings. The number of halogens is 2. The van der Waals surface area contributed by atoms with Gasteiger partial charge in [0.2, 0.25) is 0 Å². The van der Waals surface area contributed by atoms with Crippen molar-refractivity contribution < 1.29 is 28.1 Å². The Morgan fingerprint density at radius 1 is 0.905 bits per heavy atom. The van der Waals surface area contributed by atoms with Crippen molar-refractivity contribution in [3.63, 3.8) is 0 Å². The van der Waals surface area contributed by atoms with Crippen LogP contribution in [0.25, 0.3) is 6.08 Å². The fourth-order valence-electron chi connectivity index (χ4n) is 3.93. The molecule has 4 rings (SSSR count). The SMILES string of the molecule is CCOc1cc(COc2c(Cl)cc(/C=C(\C#N)C(=O)Nc3ccc(F)cc3)cc2OC)ccc1OCc1ccccc1. The predicted molar refractivity (Wildman–Crippen MR) is 159 cm³/mol. The summed E-state index contributed by atoms with van der Waals surface area (Å²) in [4.78, 5) is 12.6. The average Bonchev–Trinajstić information content (AvgIpc) is 3.00. The fourth-order valence-corrected chi connectivity index (χ4v) is 4.20. The molecule has 0 atom stereocenters. The van der Waals surface area contributed by atoms with Crippen LogP contribution < -0.4 is 24.3 Å². The van der Waals surface area contributed by atoms with Gasteiger partial charge in [0.05, 0.1) is 18.7 Å². The zero-order valence-corrected chi connectivity index (χ0v) is 23.8. The zero-order chi connectivity index (χ0) is 29.9. The van der Waals surface area contributed by atoms with Gasteiger partial charge in [0, 0.05) is 5.69 Å². The van der Waals surface area contributed by atoms with Crippen LogP contribution in [0.15, 0.2) is 90.5 Å². The lowest BCUT2D eigenvalue weighted by atomic mass is 10.1. The Morgan fingerprint density at radius 2 is 1.64 bits per heavy atom. The van der Waals surface area contributed by atoms with E-state index in [-0.39, 0.29) is 17.2 Å². The highest BCUT2D eigenvalue weighted by atomic mass is 35.5. The summed E-state index contributed by atoms with van der Waals surface area (Å²) >= 11 is 6.54. The van der Waals surface area contributed by atoms with Gasteiger partial charge >= 0.3 is 0 Å². The number of nitriles is 1. The minimum atomic E-state index is -0.652. The van der Waals surface area contributed by atoms with Gasteiger partial charge in [-0.1, -0.05) is 48.0 Å². The average molecular weight is 587 g/mol. The number of anilines is 1. The second-order valence-corrected chi connectivity index (χ2v) is 9.35. The summed E-state index contributed by atoms with van der Waals surface area (Å²) in [6.45, 7) is 2.93. The number of nitrogens with zero attached hydrogens (tertiary/aromatic N) is 1. The Labute approximate surface area is 248 Å². The third kappa shape index (κ3) is 8.03. The maximum Gasteiger partial charge on any atom is 0.266 e. The third-order valence-corrected chi connectivity index (χ3v) is 6.24. The number of benzene rings is 4. The van der Waals surface area contributed by atoms with Gasteiger partial charge in [0.25, 0.3) is 5.91 Å². The molecule has 9 heteroatoms. The minimum Gasteiger partial charge on any atom is -0.493 e. The first-order valence-corrected chi connectivity index (χ1v) is 13.4. The molecule has 0 aliphatic carbocycles. The van der Waals surface area contributed by atoms with E-state index in [0.29, 0.717) is 47.5 Å². The monoisotopic (exact) mass is 586 g/mol. The summed E-state index contributed by atoms with van der Waals surface area (Å²) < 4.78 is 36.4. The molecule has 214 valence electrons. The van der Waals surface area contributed by atoms with Crippen molar-refractivity contribution in [3.05, 3.63) is 118 Å². The molecule has 0 fully saturated rings. The van der Waals surface area contributed by atoms with Gasteiger partial charge in [-0.25, -0.2) is 4.39 Å². The second-order valence-electron chi connectivity index (χ2n) is 8.94. The first-order chi connectivity index (χ1) is 20.4. The Kier molecular flexibility index (Phi) is 10.4. The molecule has 0 saturated carbocycles. The normalized spacial score (nSPS) is 10.9. The number of methoxy groups -OCH3 is 1. The van der Waals surface area contributed by atoms with Gasteiger partial charge in [-0.2, -0.15) is 5.26 Å². The summed E-state index contributed by atoms with van der Waals surface area (Å²) in [5, 5.41) is 12.4.